The van der Waals surface area contributed by atoms with Gasteiger partial charge in [0.2, 0.25) is 0 Å². The van der Waals surface area contributed by atoms with Gasteiger partial charge in [-0.1, -0.05) is 20.8 Å². The Morgan fingerprint density at radius 1 is 0.818 bits per heavy atom. The van der Waals surface area contributed by atoms with Crippen LogP contribution in [0.1, 0.15) is 40.0 Å². The highest BCUT2D eigenvalue weighted by Gasteiger charge is 2.32. The lowest BCUT2D eigenvalue weighted by atomic mass is 10.6. The van der Waals surface area contributed by atoms with E-state index in [1.807, 2.05) is 0 Å². The van der Waals surface area contributed by atoms with Gasteiger partial charge in [-0.25, -0.2) is 0 Å². The summed E-state index contributed by atoms with van der Waals surface area (Å²) >= 11 is 6.55. The molecule has 0 spiro atoms. The van der Waals surface area contributed by atoms with Gasteiger partial charge >= 0.3 is 0 Å². The molecule has 0 aliphatic heterocycles. The monoisotopic (exact) mass is 195 g/mol. The minimum absolute atomic E-state index is 0.997. The van der Waals surface area contributed by atoms with Gasteiger partial charge in [-0.15, -0.1) is 0 Å². The van der Waals surface area contributed by atoms with Crippen molar-refractivity contribution in [2.75, 3.05) is 18.5 Å². The van der Waals surface area contributed by atoms with Crippen molar-refractivity contribution in [1.82, 2.24) is 0 Å². The van der Waals surface area contributed by atoms with Gasteiger partial charge in [0, 0.05) is 0 Å². The first-order chi connectivity index (χ1) is 5.18. The highest BCUT2D eigenvalue weighted by molar-refractivity contribution is 7.99. The van der Waals surface area contributed by atoms with Crippen LogP contribution in [0.5, 0.6) is 0 Å². The summed E-state index contributed by atoms with van der Waals surface area (Å²) in [5, 5.41) is 0. The van der Waals surface area contributed by atoms with E-state index in [-0.39, 0.29) is 0 Å². The SMILES string of the molecule is CCC[P+](Cl)(CCC)CCC. The molecule has 0 aliphatic carbocycles. The van der Waals surface area contributed by atoms with Crippen molar-refractivity contribution in [2.45, 2.75) is 40.0 Å². The van der Waals surface area contributed by atoms with Gasteiger partial charge < -0.3 is 0 Å². The Labute approximate surface area is 76.8 Å². The van der Waals surface area contributed by atoms with Gasteiger partial charge in [0.1, 0.15) is 6.62 Å². The fourth-order valence-electron chi connectivity index (χ4n) is 1.54. The van der Waals surface area contributed by atoms with E-state index in [0.29, 0.717) is 0 Å². The molecule has 0 unspecified atom stereocenters. The Hall–Kier alpha value is 0.720. The summed E-state index contributed by atoms with van der Waals surface area (Å²) in [4.78, 5) is 0. The van der Waals surface area contributed by atoms with E-state index >= 15 is 0 Å². The number of hydrogen-bond acceptors (Lipinski definition) is 0. The summed E-state index contributed by atoms with van der Waals surface area (Å²) in [6, 6.07) is 0. The van der Waals surface area contributed by atoms with Crippen molar-refractivity contribution in [3.63, 3.8) is 0 Å². The van der Waals surface area contributed by atoms with Gasteiger partial charge in [-0.2, -0.15) is 0 Å². The van der Waals surface area contributed by atoms with Crippen molar-refractivity contribution < 1.29 is 0 Å². The van der Waals surface area contributed by atoms with E-state index in [2.05, 4.69) is 20.8 Å². The lowest BCUT2D eigenvalue weighted by molar-refractivity contribution is 1.01. The van der Waals surface area contributed by atoms with Crippen LogP contribution in [0.15, 0.2) is 0 Å². The first-order valence-electron chi connectivity index (χ1n) is 4.74. The third-order valence-electron chi connectivity index (χ3n) is 1.87. The van der Waals surface area contributed by atoms with Crippen LogP contribution in [-0.2, 0) is 0 Å². The molecule has 0 amide bonds. The molecule has 0 bridgehead atoms. The molecule has 0 rings (SSSR count). The minimum Gasteiger partial charge on any atom is -0.0619 e. The highest BCUT2D eigenvalue weighted by Crippen LogP contribution is 2.64. The third kappa shape index (κ3) is 5.04. The Balaban J connectivity index is 3.79. The molecular formula is C9H21ClP+. The largest absolute Gasteiger partial charge is 0.113 e. The van der Waals surface area contributed by atoms with E-state index in [1.54, 1.807) is 0 Å². The van der Waals surface area contributed by atoms with Crippen LogP contribution in [0.25, 0.3) is 0 Å². The maximum absolute atomic E-state index is 6.55. The molecule has 0 aromatic rings. The molecule has 0 saturated heterocycles. The standard InChI is InChI=1S/C9H21ClP/c1-4-7-11(10,8-5-2)9-6-3/h4-9H2,1-3H3/q+1. The molecule has 0 N–H and O–H groups in total. The van der Waals surface area contributed by atoms with Gasteiger partial charge in [0.15, 0.2) is 0 Å². The maximum Gasteiger partial charge on any atom is 0.113 e. The van der Waals surface area contributed by atoms with E-state index in [4.69, 9.17) is 11.2 Å². The van der Waals surface area contributed by atoms with Crippen LogP contribution in [0, 0.1) is 0 Å². The smallest absolute Gasteiger partial charge is 0.0619 e. The van der Waals surface area contributed by atoms with Crippen molar-refractivity contribution >= 4 is 17.9 Å². The number of halogens is 1. The predicted molar refractivity (Wildman–Crippen MR) is 58.2 cm³/mol. The predicted octanol–water partition coefficient (Wildman–Crippen LogP) is 4.39. The van der Waals surface area contributed by atoms with Crippen LogP contribution in [0.3, 0.4) is 0 Å². The topological polar surface area (TPSA) is 0 Å². The molecule has 0 fully saturated rings. The second-order valence-electron chi connectivity index (χ2n) is 3.20. The zero-order valence-corrected chi connectivity index (χ0v) is 9.72. The minimum atomic E-state index is -0.997. The van der Waals surface area contributed by atoms with Crippen molar-refractivity contribution in [1.29, 1.82) is 0 Å². The summed E-state index contributed by atoms with van der Waals surface area (Å²) in [7, 11) is 0. The molecule has 0 heterocycles. The Morgan fingerprint density at radius 2 is 1.09 bits per heavy atom. The van der Waals surface area contributed by atoms with Gasteiger partial charge in [0.25, 0.3) is 0 Å². The molecule has 0 nitrogen and oxygen atoms in total. The van der Waals surface area contributed by atoms with E-state index in [1.165, 1.54) is 37.7 Å². The quantitative estimate of drug-likeness (QED) is 0.552. The van der Waals surface area contributed by atoms with Crippen molar-refractivity contribution in [3.05, 3.63) is 0 Å². The second kappa shape index (κ2) is 6.26. The molecular weight excluding hydrogens is 175 g/mol. The zero-order chi connectivity index (χ0) is 8.74. The van der Waals surface area contributed by atoms with Crippen LogP contribution in [0.2, 0.25) is 0 Å². The normalized spacial score (nSPS) is 12.0. The molecule has 11 heavy (non-hydrogen) atoms. The molecule has 0 aromatic heterocycles. The summed E-state index contributed by atoms with van der Waals surface area (Å²) in [6.07, 6.45) is 7.65. The molecule has 0 saturated carbocycles. The fourth-order valence-corrected chi connectivity index (χ4v) is 6.13. The molecule has 2 heteroatoms. The van der Waals surface area contributed by atoms with Crippen molar-refractivity contribution in [2.24, 2.45) is 0 Å². The summed E-state index contributed by atoms with van der Waals surface area (Å²) in [5.74, 6) is 0. The number of hydrogen-bond donors (Lipinski definition) is 0. The molecule has 68 valence electrons. The lowest BCUT2D eigenvalue weighted by Gasteiger charge is -2.16. The maximum atomic E-state index is 6.55. The number of rotatable bonds is 6. The van der Waals surface area contributed by atoms with Crippen LogP contribution in [0.4, 0.5) is 0 Å². The van der Waals surface area contributed by atoms with E-state index < -0.39 is 6.62 Å². The van der Waals surface area contributed by atoms with Gasteiger partial charge in [-0.05, 0) is 19.3 Å². The molecule has 0 atom stereocenters. The van der Waals surface area contributed by atoms with Crippen molar-refractivity contribution in [3.8, 4) is 0 Å². The van der Waals surface area contributed by atoms with Gasteiger partial charge in [-0.3, -0.25) is 0 Å². The average Bonchev–Trinajstić information content (AvgIpc) is 1.88. The van der Waals surface area contributed by atoms with Crippen LogP contribution in [-0.4, -0.2) is 18.5 Å². The van der Waals surface area contributed by atoms with E-state index in [9.17, 15) is 0 Å². The molecule has 0 aliphatic rings. The van der Waals surface area contributed by atoms with E-state index in [0.717, 1.165) is 0 Å². The summed E-state index contributed by atoms with van der Waals surface area (Å²) in [5.41, 5.74) is 0. The first-order valence-corrected chi connectivity index (χ1v) is 7.99. The third-order valence-corrected chi connectivity index (χ3v) is 7.14. The Bertz CT molecular complexity index is 76.5. The lowest BCUT2D eigenvalue weighted by Crippen LogP contribution is -2.00. The zero-order valence-electron chi connectivity index (χ0n) is 8.07. The fraction of sp³-hybridized carbons (Fsp3) is 1.00. The first kappa shape index (κ1) is 11.7. The summed E-state index contributed by atoms with van der Waals surface area (Å²) < 4.78 is 0. The van der Waals surface area contributed by atoms with Gasteiger partial charge in [0.05, 0.1) is 29.7 Å². The second-order valence-corrected chi connectivity index (χ2v) is 8.75. The Kier molecular flexibility index (Phi) is 6.67. The molecule has 0 radical (unpaired) electrons. The van der Waals surface area contributed by atoms with Crippen LogP contribution < -0.4 is 0 Å². The average molecular weight is 196 g/mol. The molecule has 0 aromatic carbocycles. The highest BCUT2D eigenvalue weighted by atomic mass is 35.7. The summed E-state index contributed by atoms with van der Waals surface area (Å²) in [6.45, 7) is 5.72. The van der Waals surface area contributed by atoms with Crippen LogP contribution >= 0.6 is 17.9 Å². The Morgan fingerprint density at radius 3 is 1.27 bits per heavy atom.